The highest BCUT2D eigenvalue weighted by Crippen LogP contribution is 2.16. The first kappa shape index (κ1) is 15.3. The van der Waals surface area contributed by atoms with Crippen molar-refractivity contribution in [2.75, 3.05) is 0 Å². The SMILES string of the molecule is C#CCn1c(CNC(=O)c2ccc(Br)cc2)nc2ccccc21. The van der Waals surface area contributed by atoms with Crippen LogP contribution in [0.1, 0.15) is 16.2 Å². The van der Waals surface area contributed by atoms with E-state index in [1.165, 1.54) is 0 Å². The van der Waals surface area contributed by atoms with E-state index in [4.69, 9.17) is 6.42 Å². The minimum Gasteiger partial charge on any atom is -0.345 e. The number of halogens is 1. The van der Waals surface area contributed by atoms with E-state index in [9.17, 15) is 4.79 Å². The number of benzene rings is 2. The Hall–Kier alpha value is -2.58. The molecule has 2 aromatic carbocycles. The van der Waals surface area contributed by atoms with Gasteiger partial charge in [0.25, 0.3) is 5.91 Å². The fourth-order valence-corrected chi connectivity index (χ4v) is 2.66. The molecule has 0 radical (unpaired) electrons. The maximum Gasteiger partial charge on any atom is 0.251 e. The van der Waals surface area contributed by atoms with Gasteiger partial charge in [0, 0.05) is 10.0 Å². The van der Waals surface area contributed by atoms with Crippen molar-refractivity contribution in [2.24, 2.45) is 0 Å². The van der Waals surface area contributed by atoms with Gasteiger partial charge in [-0.1, -0.05) is 34.0 Å². The van der Waals surface area contributed by atoms with Crippen molar-refractivity contribution < 1.29 is 4.79 Å². The van der Waals surface area contributed by atoms with Gasteiger partial charge in [0.1, 0.15) is 5.82 Å². The lowest BCUT2D eigenvalue weighted by Gasteiger charge is -2.07. The molecule has 0 spiro atoms. The van der Waals surface area contributed by atoms with Crippen LogP contribution in [0.25, 0.3) is 11.0 Å². The van der Waals surface area contributed by atoms with Crippen LogP contribution in [-0.2, 0) is 13.1 Å². The van der Waals surface area contributed by atoms with Crippen molar-refractivity contribution in [2.45, 2.75) is 13.1 Å². The van der Waals surface area contributed by atoms with Crippen LogP contribution in [-0.4, -0.2) is 15.5 Å². The Kier molecular flexibility index (Phi) is 4.45. The zero-order chi connectivity index (χ0) is 16.2. The monoisotopic (exact) mass is 367 g/mol. The molecule has 114 valence electrons. The lowest BCUT2D eigenvalue weighted by Crippen LogP contribution is -2.24. The van der Waals surface area contributed by atoms with Gasteiger partial charge in [0.2, 0.25) is 0 Å². The second kappa shape index (κ2) is 6.67. The third-order valence-corrected chi connectivity index (χ3v) is 4.03. The van der Waals surface area contributed by atoms with E-state index in [-0.39, 0.29) is 5.91 Å². The summed E-state index contributed by atoms with van der Waals surface area (Å²) in [5.74, 6) is 3.24. The number of nitrogens with zero attached hydrogens (tertiary/aromatic N) is 2. The number of amides is 1. The minimum atomic E-state index is -0.142. The van der Waals surface area contributed by atoms with Gasteiger partial charge in [-0.05, 0) is 36.4 Å². The molecule has 0 aliphatic rings. The van der Waals surface area contributed by atoms with Crippen LogP contribution in [0.3, 0.4) is 0 Å². The maximum absolute atomic E-state index is 12.2. The van der Waals surface area contributed by atoms with Gasteiger partial charge in [0.05, 0.1) is 24.1 Å². The Morgan fingerprint density at radius 2 is 1.96 bits per heavy atom. The third kappa shape index (κ3) is 3.27. The van der Waals surface area contributed by atoms with Crippen molar-refractivity contribution >= 4 is 32.9 Å². The van der Waals surface area contributed by atoms with Crippen molar-refractivity contribution in [3.63, 3.8) is 0 Å². The number of hydrogen-bond acceptors (Lipinski definition) is 2. The smallest absolute Gasteiger partial charge is 0.251 e. The number of aromatic nitrogens is 2. The molecular weight excluding hydrogens is 354 g/mol. The fourth-order valence-electron chi connectivity index (χ4n) is 2.39. The average molecular weight is 368 g/mol. The molecule has 1 amide bonds. The predicted molar refractivity (Wildman–Crippen MR) is 93.9 cm³/mol. The van der Waals surface area contributed by atoms with Gasteiger partial charge in [-0.3, -0.25) is 4.79 Å². The van der Waals surface area contributed by atoms with E-state index in [2.05, 4.69) is 32.2 Å². The molecule has 4 nitrogen and oxygen atoms in total. The van der Waals surface area contributed by atoms with E-state index in [1.807, 2.05) is 41.0 Å². The molecule has 1 heterocycles. The van der Waals surface area contributed by atoms with Crippen LogP contribution in [0.2, 0.25) is 0 Å². The van der Waals surface area contributed by atoms with Crippen LogP contribution in [0.4, 0.5) is 0 Å². The molecule has 0 atom stereocenters. The van der Waals surface area contributed by atoms with Crippen LogP contribution < -0.4 is 5.32 Å². The molecule has 0 saturated heterocycles. The van der Waals surface area contributed by atoms with E-state index in [0.717, 1.165) is 21.3 Å². The molecule has 3 aromatic rings. The summed E-state index contributed by atoms with van der Waals surface area (Å²) in [7, 11) is 0. The van der Waals surface area contributed by atoms with Gasteiger partial charge in [-0.25, -0.2) is 4.98 Å². The highest BCUT2D eigenvalue weighted by molar-refractivity contribution is 9.10. The van der Waals surface area contributed by atoms with Gasteiger partial charge in [-0.15, -0.1) is 6.42 Å². The summed E-state index contributed by atoms with van der Waals surface area (Å²) in [6, 6.07) is 15.0. The topological polar surface area (TPSA) is 46.9 Å². The molecule has 1 N–H and O–H groups in total. The summed E-state index contributed by atoms with van der Waals surface area (Å²) >= 11 is 3.35. The number of rotatable bonds is 4. The number of carbonyl (C=O) groups excluding carboxylic acids is 1. The quantitative estimate of drug-likeness (QED) is 0.718. The number of fused-ring (bicyclic) bond motifs is 1. The molecule has 0 aliphatic heterocycles. The number of carbonyl (C=O) groups is 1. The lowest BCUT2D eigenvalue weighted by atomic mass is 10.2. The van der Waals surface area contributed by atoms with E-state index in [1.54, 1.807) is 12.1 Å². The van der Waals surface area contributed by atoms with Crippen LogP contribution in [0.5, 0.6) is 0 Å². The summed E-state index contributed by atoms with van der Waals surface area (Å²) in [6.07, 6.45) is 5.45. The molecule has 0 unspecified atom stereocenters. The summed E-state index contributed by atoms with van der Waals surface area (Å²) in [6.45, 7) is 0.745. The number of imidazole rings is 1. The first-order valence-electron chi connectivity index (χ1n) is 7.10. The zero-order valence-corrected chi connectivity index (χ0v) is 13.9. The molecule has 0 bridgehead atoms. The molecule has 5 heteroatoms. The van der Waals surface area contributed by atoms with Crippen molar-refractivity contribution in [3.05, 3.63) is 64.4 Å². The molecule has 0 saturated carbocycles. The van der Waals surface area contributed by atoms with Crippen molar-refractivity contribution in [1.82, 2.24) is 14.9 Å². The van der Waals surface area contributed by atoms with Gasteiger partial charge >= 0.3 is 0 Å². The zero-order valence-electron chi connectivity index (χ0n) is 12.3. The molecule has 1 aromatic heterocycles. The number of para-hydroxylation sites is 2. The first-order valence-corrected chi connectivity index (χ1v) is 7.89. The Bertz CT molecular complexity index is 891. The first-order chi connectivity index (χ1) is 11.2. The Balaban J connectivity index is 1.81. The van der Waals surface area contributed by atoms with Gasteiger partial charge in [-0.2, -0.15) is 0 Å². The van der Waals surface area contributed by atoms with Crippen LogP contribution in [0.15, 0.2) is 53.0 Å². The summed E-state index contributed by atoms with van der Waals surface area (Å²) in [4.78, 5) is 16.8. The summed E-state index contributed by atoms with van der Waals surface area (Å²) < 4.78 is 2.88. The molecule has 0 aliphatic carbocycles. The number of terminal acetylenes is 1. The highest BCUT2D eigenvalue weighted by Gasteiger charge is 2.11. The Labute approximate surface area is 142 Å². The standard InChI is InChI=1S/C18H14BrN3O/c1-2-11-22-16-6-4-3-5-15(16)21-17(22)12-20-18(23)13-7-9-14(19)10-8-13/h1,3-10H,11-12H2,(H,20,23). The molecule has 23 heavy (non-hydrogen) atoms. The Morgan fingerprint density at radius 3 is 2.70 bits per heavy atom. The van der Waals surface area contributed by atoms with Crippen LogP contribution >= 0.6 is 15.9 Å². The van der Waals surface area contributed by atoms with Gasteiger partial charge < -0.3 is 9.88 Å². The lowest BCUT2D eigenvalue weighted by molar-refractivity contribution is 0.0949. The predicted octanol–water partition coefficient (Wildman–Crippen LogP) is 3.36. The number of nitrogens with one attached hydrogen (secondary N) is 1. The highest BCUT2D eigenvalue weighted by atomic mass is 79.9. The minimum absolute atomic E-state index is 0.142. The molecule has 3 rings (SSSR count). The van der Waals surface area contributed by atoms with Crippen LogP contribution in [0, 0.1) is 12.3 Å². The van der Waals surface area contributed by atoms with Crippen molar-refractivity contribution in [3.8, 4) is 12.3 Å². The molecule has 0 fully saturated rings. The summed E-state index contributed by atoms with van der Waals surface area (Å²) in [5, 5.41) is 2.89. The van der Waals surface area contributed by atoms with E-state index >= 15 is 0 Å². The normalized spacial score (nSPS) is 10.4. The van der Waals surface area contributed by atoms with Gasteiger partial charge in [0.15, 0.2) is 0 Å². The van der Waals surface area contributed by atoms with E-state index in [0.29, 0.717) is 18.7 Å². The Morgan fingerprint density at radius 1 is 1.22 bits per heavy atom. The molecular formula is C18H14BrN3O. The maximum atomic E-state index is 12.2. The average Bonchev–Trinajstić information content (AvgIpc) is 2.92. The van der Waals surface area contributed by atoms with Crippen molar-refractivity contribution in [1.29, 1.82) is 0 Å². The summed E-state index contributed by atoms with van der Waals surface area (Å²) in [5.41, 5.74) is 2.45. The second-order valence-corrected chi connectivity index (χ2v) is 5.91. The van der Waals surface area contributed by atoms with E-state index < -0.39 is 0 Å². The third-order valence-electron chi connectivity index (χ3n) is 3.50. The number of hydrogen-bond donors (Lipinski definition) is 1. The fraction of sp³-hybridized carbons (Fsp3) is 0.111. The largest absolute Gasteiger partial charge is 0.345 e. The second-order valence-electron chi connectivity index (χ2n) is 5.00.